The Labute approximate surface area is 129 Å². The first kappa shape index (κ1) is 13.4. The first-order chi connectivity index (χ1) is 11.1. The smallest absolute Gasteiger partial charge is 0.294 e. The highest BCUT2D eigenvalue weighted by Crippen LogP contribution is 2.27. The minimum atomic E-state index is -0.714. The van der Waals surface area contributed by atoms with Gasteiger partial charge in [0.1, 0.15) is 5.82 Å². The standard InChI is InChI=1S/C17H10FN3O2/c18-11-5-7-12(8-6-11)21-14-4-2-1-3-10(14)9-13-15(21)19-17(23)20-16(13)22/h1-9H,(H,20,22,23). The van der Waals surface area contributed by atoms with Crippen LogP contribution in [0.4, 0.5) is 4.39 Å². The number of benzene rings is 2. The average Bonchev–Trinajstić information content (AvgIpc) is 2.54. The number of nitrogens with one attached hydrogen (secondary N) is 1. The van der Waals surface area contributed by atoms with Gasteiger partial charge in [-0.3, -0.25) is 14.3 Å². The third-order valence-corrected chi connectivity index (χ3v) is 3.69. The fourth-order valence-electron chi connectivity index (χ4n) is 2.69. The van der Waals surface area contributed by atoms with Crippen molar-refractivity contribution in [3.05, 3.63) is 81.3 Å². The molecule has 0 bridgehead atoms. The Bertz CT molecular complexity index is 1110. The predicted octanol–water partition coefficient (Wildman–Crippen LogP) is 2.32. The summed E-state index contributed by atoms with van der Waals surface area (Å²) in [5, 5.41) is 0.815. The summed E-state index contributed by atoms with van der Waals surface area (Å²) in [5.74, 6) is -0.127. The van der Waals surface area contributed by atoms with Gasteiger partial charge in [-0.2, -0.15) is 4.98 Å². The second kappa shape index (κ2) is 4.88. The summed E-state index contributed by atoms with van der Waals surface area (Å²) in [7, 11) is 0. The highest BCUT2D eigenvalue weighted by atomic mass is 19.1. The van der Waals surface area contributed by atoms with E-state index in [4.69, 9.17) is 0 Å². The van der Waals surface area contributed by atoms with Gasteiger partial charge in [-0.15, -0.1) is 0 Å². The zero-order valence-corrected chi connectivity index (χ0v) is 11.8. The minimum absolute atomic E-state index is 0.240. The molecule has 2 aliphatic heterocycles. The topological polar surface area (TPSA) is 67.8 Å². The molecule has 0 spiro atoms. The zero-order valence-electron chi connectivity index (χ0n) is 11.8. The molecule has 112 valence electrons. The highest BCUT2D eigenvalue weighted by Gasteiger charge is 2.17. The van der Waals surface area contributed by atoms with E-state index in [0.717, 1.165) is 10.9 Å². The molecular weight excluding hydrogens is 297 g/mol. The van der Waals surface area contributed by atoms with Gasteiger partial charge in [0.05, 0.1) is 11.1 Å². The van der Waals surface area contributed by atoms with Crippen molar-refractivity contribution >= 4 is 10.9 Å². The molecule has 23 heavy (non-hydrogen) atoms. The van der Waals surface area contributed by atoms with Crippen LogP contribution in [-0.4, -0.2) is 14.5 Å². The van der Waals surface area contributed by atoms with E-state index in [2.05, 4.69) is 9.97 Å². The summed E-state index contributed by atoms with van der Waals surface area (Å²) in [6.07, 6.45) is 0. The molecule has 0 aliphatic carbocycles. The van der Waals surface area contributed by atoms with Crippen molar-refractivity contribution in [1.82, 2.24) is 14.5 Å². The molecule has 0 aromatic heterocycles. The molecule has 5 nitrogen and oxygen atoms in total. The van der Waals surface area contributed by atoms with Crippen LogP contribution in [0.15, 0.2) is 64.2 Å². The van der Waals surface area contributed by atoms with E-state index in [1.807, 2.05) is 24.3 Å². The second-order valence-corrected chi connectivity index (χ2v) is 5.12. The van der Waals surface area contributed by atoms with Crippen molar-refractivity contribution in [3.8, 4) is 17.1 Å². The number of aromatic nitrogens is 3. The van der Waals surface area contributed by atoms with Crippen LogP contribution in [0.5, 0.6) is 0 Å². The van der Waals surface area contributed by atoms with Crippen molar-refractivity contribution in [2.75, 3.05) is 0 Å². The number of nitrogens with zero attached hydrogens (tertiary/aromatic N) is 2. The Hall–Kier alpha value is -3.28. The van der Waals surface area contributed by atoms with Gasteiger partial charge in [-0.05, 0) is 41.8 Å². The number of hydrogen-bond donors (Lipinski definition) is 1. The molecular formula is C17H10FN3O2. The molecule has 6 heteroatoms. The lowest BCUT2D eigenvalue weighted by Crippen LogP contribution is -2.27. The summed E-state index contributed by atoms with van der Waals surface area (Å²) in [6, 6.07) is 14.9. The van der Waals surface area contributed by atoms with Gasteiger partial charge in [0.15, 0.2) is 5.82 Å². The van der Waals surface area contributed by atoms with Crippen LogP contribution in [0.1, 0.15) is 0 Å². The molecule has 0 fully saturated rings. The van der Waals surface area contributed by atoms with E-state index in [0.29, 0.717) is 11.3 Å². The molecule has 0 saturated heterocycles. The molecule has 0 amide bonds. The molecule has 2 aromatic carbocycles. The van der Waals surface area contributed by atoms with E-state index in [1.165, 1.54) is 12.1 Å². The maximum absolute atomic E-state index is 13.2. The maximum Gasteiger partial charge on any atom is 0.349 e. The summed E-state index contributed by atoms with van der Waals surface area (Å²) in [6.45, 7) is 0. The number of halogens is 1. The van der Waals surface area contributed by atoms with E-state index in [-0.39, 0.29) is 11.6 Å². The van der Waals surface area contributed by atoms with E-state index in [1.54, 1.807) is 22.8 Å². The lowest BCUT2D eigenvalue weighted by molar-refractivity contribution is 0.627. The molecule has 2 aliphatic rings. The predicted molar refractivity (Wildman–Crippen MR) is 84.5 cm³/mol. The Balaban J connectivity index is 2.23. The first-order valence-corrected chi connectivity index (χ1v) is 6.94. The maximum atomic E-state index is 13.2. The first-order valence-electron chi connectivity index (χ1n) is 6.94. The Kier molecular flexibility index (Phi) is 2.84. The third-order valence-electron chi connectivity index (χ3n) is 3.69. The van der Waals surface area contributed by atoms with E-state index < -0.39 is 11.2 Å². The van der Waals surface area contributed by atoms with Crippen molar-refractivity contribution in [2.45, 2.75) is 0 Å². The fourth-order valence-corrected chi connectivity index (χ4v) is 2.69. The number of aromatic amines is 1. The lowest BCUT2D eigenvalue weighted by atomic mass is 10.1. The summed E-state index contributed by atoms with van der Waals surface area (Å²) < 4.78 is 14.9. The molecule has 1 N–H and O–H groups in total. The minimum Gasteiger partial charge on any atom is -0.294 e. The monoisotopic (exact) mass is 307 g/mol. The Morgan fingerprint density at radius 1 is 1.00 bits per heavy atom. The van der Waals surface area contributed by atoms with E-state index in [9.17, 15) is 14.0 Å². The van der Waals surface area contributed by atoms with Gasteiger partial charge in [0, 0.05) is 5.69 Å². The summed E-state index contributed by atoms with van der Waals surface area (Å²) in [5.41, 5.74) is 0.470. The molecule has 0 radical (unpaired) electrons. The van der Waals surface area contributed by atoms with Crippen molar-refractivity contribution in [1.29, 1.82) is 0 Å². The van der Waals surface area contributed by atoms with Crippen LogP contribution in [0, 0.1) is 5.82 Å². The SMILES string of the molecule is O=c1nc2n(-c3ccc(F)cc3)c3ccccc3cc-2c(=O)[nH]1. The van der Waals surface area contributed by atoms with Crippen molar-refractivity contribution in [3.63, 3.8) is 0 Å². The Morgan fingerprint density at radius 3 is 2.52 bits per heavy atom. The van der Waals surface area contributed by atoms with Crippen LogP contribution in [0.2, 0.25) is 0 Å². The Morgan fingerprint density at radius 2 is 1.74 bits per heavy atom. The molecule has 2 aromatic rings. The summed E-state index contributed by atoms with van der Waals surface area (Å²) in [4.78, 5) is 29.9. The summed E-state index contributed by atoms with van der Waals surface area (Å²) >= 11 is 0. The van der Waals surface area contributed by atoms with Crippen LogP contribution >= 0.6 is 0 Å². The number of para-hydroxylation sites is 1. The quantitative estimate of drug-likeness (QED) is 0.549. The largest absolute Gasteiger partial charge is 0.349 e. The lowest BCUT2D eigenvalue weighted by Gasteiger charge is -2.17. The zero-order chi connectivity index (χ0) is 16.0. The third kappa shape index (κ3) is 2.12. The van der Waals surface area contributed by atoms with Gasteiger partial charge in [-0.25, -0.2) is 9.18 Å². The number of fused-ring (bicyclic) bond motifs is 2. The van der Waals surface area contributed by atoms with Crippen molar-refractivity contribution < 1.29 is 4.39 Å². The number of H-pyrrole nitrogens is 1. The normalized spacial score (nSPS) is 11.2. The molecule has 0 unspecified atom stereocenters. The van der Waals surface area contributed by atoms with Crippen LogP contribution < -0.4 is 11.2 Å². The number of pyridine rings is 1. The van der Waals surface area contributed by atoms with Gasteiger partial charge >= 0.3 is 5.69 Å². The molecule has 4 rings (SSSR count). The van der Waals surface area contributed by atoms with Crippen LogP contribution in [0.25, 0.3) is 28.0 Å². The molecule has 0 saturated carbocycles. The molecule has 0 atom stereocenters. The van der Waals surface area contributed by atoms with Crippen LogP contribution in [-0.2, 0) is 0 Å². The molecule has 2 heterocycles. The van der Waals surface area contributed by atoms with Crippen LogP contribution in [0.3, 0.4) is 0 Å². The van der Waals surface area contributed by atoms with Gasteiger partial charge < -0.3 is 0 Å². The highest BCUT2D eigenvalue weighted by molar-refractivity contribution is 5.87. The average molecular weight is 307 g/mol. The van der Waals surface area contributed by atoms with Gasteiger partial charge in [-0.1, -0.05) is 18.2 Å². The van der Waals surface area contributed by atoms with Gasteiger partial charge in [0.25, 0.3) is 5.56 Å². The fraction of sp³-hybridized carbons (Fsp3) is 0. The van der Waals surface area contributed by atoms with E-state index >= 15 is 0 Å². The number of rotatable bonds is 1. The second-order valence-electron chi connectivity index (χ2n) is 5.12. The van der Waals surface area contributed by atoms with Gasteiger partial charge in [0.2, 0.25) is 0 Å². The number of hydrogen-bond acceptors (Lipinski definition) is 3. The van der Waals surface area contributed by atoms with Crippen molar-refractivity contribution in [2.24, 2.45) is 0 Å².